The minimum Gasteiger partial charge on any atom is -0.322 e. The summed E-state index contributed by atoms with van der Waals surface area (Å²) in [7, 11) is 0. The molecule has 0 saturated carbocycles. The molecule has 19 heavy (non-hydrogen) atoms. The Morgan fingerprint density at radius 3 is 2.47 bits per heavy atom. The van der Waals surface area contributed by atoms with Crippen molar-refractivity contribution >= 4 is 11.7 Å². The highest BCUT2D eigenvalue weighted by atomic mass is 19.2. The van der Waals surface area contributed by atoms with Gasteiger partial charge in [-0.3, -0.25) is 0 Å². The fourth-order valence-electron chi connectivity index (χ4n) is 2.04. The topological polar surface area (TPSA) is 35.6 Å². The van der Waals surface area contributed by atoms with Gasteiger partial charge < -0.3 is 15.1 Å². The molecular weight excluding hydrogens is 252 g/mol. The molecule has 4 nitrogen and oxygen atoms in total. The first kappa shape index (κ1) is 13.7. The number of halogens is 2. The van der Waals surface area contributed by atoms with Gasteiger partial charge in [-0.05, 0) is 18.7 Å². The fourth-order valence-corrected chi connectivity index (χ4v) is 2.04. The first-order valence-electron chi connectivity index (χ1n) is 6.33. The van der Waals surface area contributed by atoms with Gasteiger partial charge in [0.15, 0.2) is 11.6 Å². The third-order valence-electron chi connectivity index (χ3n) is 3.28. The SMILES string of the molecule is CCN1CCN(C(=O)Nc2ccc(F)c(F)c2)CC1. The number of hydrogen-bond acceptors (Lipinski definition) is 2. The van der Waals surface area contributed by atoms with Gasteiger partial charge >= 0.3 is 6.03 Å². The second-order valence-electron chi connectivity index (χ2n) is 4.48. The summed E-state index contributed by atoms with van der Waals surface area (Å²) in [6, 6.07) is 3.05. The van der Waals surface area contributed by atoms with Crippen molar-refractivity contribution in [2.24, 2.45) is 0 Å². The number of nitrogens with zero attached hydrogens (tertiary/aromatic N) is 2. The van der Waals surface area contributed by atoms with Crippen LogP contribution in [0.5, 0.6) is 0 Å². The second-order valence-corrected chi connectivity index (χ2v) is 4.48. The van der Waals surface area contributed by atoms with E-state index in [1.807, 2.05) is 0 Å². The lowest BCUT2D eigenvalue weighted by Crippen LogP contribution is -2.49. The number of carbonyl (C=O) groups is 1. The Hall–Kier alpha value is -1.69. The summed E-state index contributed by atoms with van der Waals surface area (Å²) in [5.74, 6) is -1.89. The number of rotatable bonds is 2. The van der Waals surface area contributed by atoms with Crippen LogP contribution in [0.3, 0.4) is 0 Å². The van der Waals surface area contributed by atoms with Crippen LogP contribution in [-0.2, 0) is 0 Å². The molecule has 0 unspecified atom stereocenters. The molecule has 0 atom stereocenters. The monoisotopic (exact) mass is 269 g/mol. The Balaban J connectivity index is 1.92. The van der Waals surface area contributed by atoms with Gasteiger partial charge in [-0.1, -0.05) is 6.92 Å². The maximum atomic E-state index is 13.0. The maximum absolute atomic E-state index is 13.0. The standard InChI is InChI=1S/C13H17F2N3O/c1-2-17-5-7-18(8-6-17)13(19)16-10-3-4-11(14)12(15)9-10/h3-4,9H,2,5-8H2,1H3,(H,16,19). The molecule has 2 rings (SSSR count). The van der Waals surface area contributed by atoms with E-state index in [1.165, 1.54) is 6.07 Å². The molecule has 0 aromatic heterocycles. The highest BCUT2D eigenvalue weighted by molar-refractivity contribution is 5.89. The molecule has 0 spiro atoms. The van der Waals surface area contributed by atoms with Crippen molar-refractivity contribution in [1.82, 2.24) is 9.80 Å². The van der Waals surface area contributed by atoms with Gasteiger partial charge in [0.05, 0.1) is 0 Å². The van der Waals surface area contributed by atoms with E-state index in [0.717, 1.165) is 31.8 Å². The predicted molar refractivity (Wildman–Crippen MR) is 69.1 cm³/mol. The minimum atomic E-state index is -0.964. The van der Waals surface area contributed by atoms with Crippen LogP contribution >= 0.6 is 0 Å². The van der Waals surface area contributed by atoms with Crippen molar-refractivity contribution in [3.8, 4) is 0 Å². The van der Waals surface area contributed by atoms with E-state index < -0.39 is 11.6 Å². The van der Waals surface area contributed by atoms with Crippen molar-refractivity contribution in [2.45, 2.75) is 6.92 Å². The molecule has 0 bridgehead atoms. The number of anilines is 1. The molecule has 1 heterocycles. The number of carbonyl (C=O) groups excluding carboxylic acids is 1. The molecule has 104 valence electrons. The minimum absolute atomic E-state index is 0.266. The van der Waals surface area contributed by atoms with E-state index in [-0.39, 0.29) is 11.7 Å². The van der Waals surface area contributed by atoms with Gasteiger partial charge in [0.1, 0.15) is 0 Å². The molecule has 1 aliphatic rings. The molecule has 1 aliphatic heterocycles. The molecule has 0 radical (unpaired) electrons. The summed E-state index contributed by atoms with van der Waals surface area (Å²) >= 11 is 0. The first-order valence-corrected chi connectivity index (χ1v) is 6.33. The van der Waals surface area contributed by atoms with Gasteiger partial charge in [-0.2, -0.15) is 0 Å². The summed E-state index contributed by atoms with van der Waals surface area (Å²) in [6.45, 7) is 6.01. The Morgan fingerprint density at radius 1 is 1.21 bits per heavy atom. The van der Waals surface area contributed by atoms with Crippen molar-refractivity contribution < 1.29 is 13.6 Å². The van der Waals surface area contributed by atoms with Crippen LogP contribution in [0.1, 0.15) is 6.92 Å². The van der Waals surface area contributed by atoms with E-state index in [1.54, 1.807) is 4.90 Å². The molecule has 0 aliphatic carbocycles. The zero-order chi connectivity index (χ0) is 13.8. The lowest BCUT2D eigenvalue weighted by atomic mass is 10.3. The number of nitrogens with one attached hydrogen (secondary N) is 1. The molecule has 1 aromatic rings. The van der Waals surface area contributed by atoms with E-state index in [4.69, 9.17) is 0 Å². The van der Waals surface area contributed by atoms with Gasteiger partial charge in [-0.15, -0.1) is 0 Å². The quantitative estimate of drug-likeness (QED) is 0.892. The van der Waals surface area contributed by atoms with Gasteiger partial charge in [-0.25, -0.2) is 13.6 Å². The number of urea groups is 1. The highest BCUT2D eigenvalue weighted by Gasteiger charge is 2.20. The zero-order valence-corrected chi connectivity index (χ0v) is 10.8. The molecule has 1 fully saturated rings. The fraction of sp³-hybridized carbons (Fsp3) is 0.462. The number of hydrogen-bond donors (Lipinski definition) is 1. The van der Waals surface area contributed by atoms with Crippen LogP contribution < -0.4 is 5.32 Å². The Morgan fingerprint density at radius 2 is 1.89 bits per heavy atom. The van der Waals surface area contributed by atoms with Gasteiger partial charge in [0.2, 0.25) is 0 Å². The molecule has 6 heteroatoms. The van der Waals surface area contributed by atoms with Crippen molar-refractivity contribution in [3.05, 3.63) is 29.8 Å². The summed E-state index contributed by atoms with van der Waals surface area (Å²) in [5.41, 5.74) is 0.266. The number of likely N-dealkylation sites (N-methyl/N-ethyl adjacent to an activating group) is 1. The molecule has 2 amide bonds. The Kier molecular flexibility index (Phi) is 4.31. The lowest BCUT2D eigenvalue weighted by Gasteiger charge is -2.33. The predicted octanol–water partition coefficient (Wildman–Crippen LogP) is 2.13. The molecule has 1 aromatic carbocycles. The van der Waals surface area contributed by atoms with Gasteiger partial charge in [0.25, 0.3) is 0 Å². The average molecular weight is 269 g/mol. The Labute approximate surface area is 111 Å². The van der Waals surface area contributed by atoms with Crippen LogP contribution in [-0.4, -0.2) is 48.6 Å². The zero-order valence-electron chi connectivity index (χ0n) is 10.8. The highest BCUT2D eigenvalue weighted by Crippen LogP contribution is 2.14. The van der Waals surface area contributed by atoms with E-state index in [9.17, 15) is 13.6 Å². The van der Waals surface area contributed by atoms with Crippen molar-refractivity contribution in [2.75, 3.05) is 38.0 Å². The van der Waals surface area contributed by atoms with Crippen LogP contribution in [0.15, 0.2) is 18.2 Å². The average Bonchev–Trinajstić information content (AvgIpc) is 2.43. The summed E-state index contributed by atoms with van der Waals surface area (Å²) in [6.07, 6.45) is 0. The number of piperazine rings is 1. The number of amides is 2. The van der Waals surface area contributed by atoms with Crippen LogP contribution in [0, 0.1) is 11.6 Å². The maximum Gasteiger partial charge on any atom is 0.321 e. The largest absolute Gasteiger partial charge is 0.322 e. The molecular formula is C13H17F2N3O. The Bertz CT molecular complexity index is 459. The van der Waals surface area contributed by atoms with E-state index in [2.05, 4.69) is 17.1 Å². The van der Waals surface area contributed by atoms with Crippen molar-refractivity contribution in [3.63, 3.8) is 0 Å². The third-order valence-corrected chi connectivity index (χ3v) is 3.28. The molecule has 1 N–H and O–H groups in total. The summed E-state index contributed by atoms with van der Waals surface area (Å²) < 4.78 is 25.8. The van der Waals surface area contributed by atoms with Crippen LogP contribution in [0.4, 0.5) is 19.3 Å². The molecule has 1 saturated heterocycles. The summed E-state index contributed by atoms with van der Waals surface area (Å²) in [5, 5.41) is 2.57. The third kappa shape index (κ3) is 3.41. The lowest BCUT2D eigenvalue weighted by molar-refractivity contribution is 0.151. The number of benzene rings is 1. The van der Waals surface area contributed by atoms with Crippen LogP contribution in [0.25, 0.3) is 0 Å². The van der Waals surface area contributed by atoms with E-state index >= 15 is 0 Å². The normalized spacial score (nSPS) is 16.5. The second kappa shape index (κ2) is 5.97. The summed E-state index contributed by atoms with van der Waals surface area (Å²) in [4.78, 5) is 15.9. The van der Waals surface area contributed by atoms with Crippen molar-refractivity contribution in [1.29, 1.82) is 0 Å². The van der Waals surface area contributed by atoms with Crippen LogP contribution in [0.2, 0.25) is 0 Å². The first-order chi connectivity index (χ1) is 9.10. The van der Waals surface area contributed by atoms with E-state index in [0.29, 0.717) is 13.1 Å². The smallest absolute Gasteiger partial charge is 0.321 e. The van der Waals surface area contributed by atoms with Gasteiger partial charge in [0, 0.05) is 37.9 Å².